The number of amides is 1. The molecule has 1 aromatic heterocycles. The number of methoxy groups -OCH3 is 1. The van der Waals surface area contributed by atoms with E-state index in [1.54, 1.807) is 7.11 Å². The molecule has 24 heavy (non-hydrogen) atoms. The number of ether oxygens (including phenoxy) is 1. The van der Waals surface area contributed by atoms with Crippen LogP contribution in [0.2, 0.25) is 0 Å². The smallest absolute Gasteiger partial charge is 0.231 e. The molecule has 0 unspecified atom stereocenters. The second kappa shape index (κ2) is 7.17. The molecule has 0 aliphatic carbocycles. The van der Waals surface area contributed by atoms with Crippen LogP contribution in [0.25, 0.3) is 11.0 Å². The van der Waals surface area contributed by atoms with E-state index in [0.29, 0.717) is 5.95 Å². The van der Waals surface area contributed by atoms with Crippen LogP contribution in [0.3, 0.4) is 0 Å². The van der Waals surface area contributed by atoms with Gasteiger partial charge in [0.2, 0.25) is 11.9 Å². The number of aryl methyl sites for hydroxylation is 1. The molecule has 0 saturated heterocycles. The molecular weight excluding hydrogens is 302 g/mol. The fraction of sp³-hybridized carbons (Fsp3) is 0.263. The summed E-state index contributed by atoms with van der Waals surface area (Å²) in [7, 11) is 1.62. The van der Waals surface area contributed by atoms with E-state index < -0.39 is 0 Å². The summed E-state index contributed by atoms with van der Waals surface area (Å²) in [6.07, 6.45) is 1.26. The third kappa shape index (κ3) is 3.40. The van der Waals surface area contributed by atoms with Crippen molar-refractivity contribution in [1.82, 2.24) is 9.55 Å². The SMILES string of the molecule is CCCn1c(NC(=O)Cc2cccc(OC)c2)nc2ccccc21. The number of carbonyl (C=O) groups is 1. The predicted octanol–water partition coefficient (Wildman–Crippen LogP) is 3.64. The number of fused-ring (bicyclic) bond motifs is 1. The molecule has 0 bridgehead atoms. The number of carbonyl (C=O) groups excluding carboxylic acids is 1. The maximum absolute atomic E-state index is 12.4. The second-order valence-corrected chi connectivity index (χ2v) is 5.65. The number of rotatable bonds is 6. The van der Waals surface area contributed by atoms with Crippen LogP contribution in [-0.4, -0.2) is 22.6 Å². The van der Waals surface area contributed by atoms with E-state index >= 15 is 0 Å². The van der Waals surface area contributed by atoms with Crippen LogP contribution < -0.4 is 10.1 Å². The molecule has 1 N–H and O–H groups in total. The van der Waals surface area contributed by atoms with Gasteiger partial charge in [0.25, 0.3) is 0 Å². The minimum absolute atomic E-state index is 0.0871. The Balaban J connectivity index is 1.80. The highest BCUT2D eigenvalue weighted by Gasteiger charge is 2.13. The normalized spacial score (nSPS) is 10.8. The third-order valence-corrected chi connectivity index (χ3v) is 3.85. The van der Waals surface area contributed by atoms with E-state index in [4.69, 9.17) is 4.74 Å². The lowest BCUT2D eigenvalue weighted by molar-refractivity contribution is -0.115. The molecule has 5 nitrogen and oxygen atoms in total. The van der Waals surface area contributed by atoms with Gasteiger partial charge in [0.15, 0.2) is 0 Å². The van der Waals surface area contributed by atoms with E-state index in [0.717, 1.165) is 35.3 Å². The summed E-state index contributed by atoms with van der Waals surface area (Å²) in [4.78, 5) is 17.0. The molecule has 0 saturated carbocycles. The van der Waals surface area contributed by atoms with Gasteiger partial charge in [0.1, 0.15) is 5.75 Å². The van der Waals surface area contributed by atoms with Crippen LogP contribution in [0.5, 0.6) is 5.75 Å². The summed E-state index contributed by atoms with van der Waals surface area (Å²) in [5.41, 5.74) is 2.84. The first kappa shape index (κ1) is 16.1. The van der Waals surface area contributed by atoms with Gasteiger partial charge < -0.3 is 9.30 Å². The number of para-hydroxylation sites is 2. The molecule has 124 valence electrons. The first-order chi connectivity index (χ1) is 11.7. The van der Waals surface area contributed by atoms with Gasteiger partial charge in [-0.05, 0) is 36.2 Å². The maximum atomic E-state index is 12.4. The first-order valence-corrected chi connectivity index (χ1v) is 8.09. The third-order valence-electron chi connectivity index (χ3n) is 3.85. The molecule has 2 aromatic carbocycles. The van der Waals surface area contributed by atoms with E-state index in [1.807, 2.05) is 48.5 Å². The Labute approximate surface area is 141 Å². The van der Waals surface area contributed by atoms with Crippen molar-refractivity contribution in [3.05, 3.63) is 54.1 Å². The zero-order chi connectivity index (χ0) is 16.9. The Morgan fingerprint density at radius 3 is 2.83 bits per heavy atom. The molecule has 0 atom stereocenters. The van der Waals surface area contributed by atoms with Crippen LogP contribution in [-0.2, 0) is 17.8 Å². The average Bonchev–Trinajstić information content (AvgIpc) is 2.93. The summed E-state index contributed by atoms with van der Waals surface area (Å²) >= 11 is 0. The number of benzene rings is 2. The number of imidazole rings is 1. The van der Waals surface area contributed by atoms with Crippen LogP contribution in [0.15, 0.2) is 48.5 Å². The van der Waals surface area contributed by atoms with Crippen molar-refractivity contribution in [3.8, 4) is 5.75 Å². The van der Waals surface area contributed by atoms with Gasteiger partial charge in [-0.1, -0.05) is 31.2 Å². The van der Waals surface area contributed by atoms with E-state index in [1.165, 1.54) is 0 Å². The van der Waals surface area contributed by atoms with Gasteiger partial charge in [-0.25, -0.2) is 4.98 Å². The number of hydrogen-bond acceptors (Lipinski definition) is 3. The zero-order valence-corrected chi connectivity index (χ0v) is 14.0. The summed E-state index contributed by atoms with van der Waals surface area (Å²) in [5, 5.41) is 2.94. The fourth-order valence-electron chi connectivity index (χ4n) is 2.76. The van der Waals surface area contributed by atoms with Crippen molar-refractivity contribution >= 4 is 22.9 Å². The van der Waals surface area contributed by atoms with Crippen LogP contribution in [0, 0.1) is 0 Å². The van der Waals surface area contributed by atoms with Crippen LogP contribution in [0.1, 0.15) is 18.9 Å². The number of hydrogen-bond donors (Lipinski definition) is 1. The van der Waals surface area contributed by atoms with Crippen LogP contribution >= 0.6 is 0 Å². The topological polar surface area (TPSA) is 56.2 Å². The second-order valence-electron chi connectivity index (χ2n) is 5.65. The summed E-state index contributed by atoms with van der Waals surface area (Å²) in [6.45, 7) is 2.92. The Bertz CT molecular complexity index is 855. The highest BCUT2D eigenvalue weighted by atomic mass is 16.5. The molecule has 5 heteroatoms. The molecule has 3 aromatic rings. The van der Waals surface area contributed by atoms with Crippen LogP contribution in [0.4, 0.5) is 5.95 Å². The van der Waals surface area contributed by atoms with Gasteiger partial charge in [-0.15, -0.1) is 0 Å². The molecule has 0 aliphatic rings. The Kier molecular flexibility index (Phi) is 4.79. The molecular formula is C19H21N3O2. The number of nitrogens with one attached hydrogen (secondary N) is 1. The summed E-state index contributed by atoms with van der Waals surface area (Å²) in [6, 6.07) is 15.4. The number of aromatic nitrogens is 2. The largest absolute Gasteiger partial charge is 0.497 e. The number of nitrogens with zero attached hydrogens (tertiary/aromatic N) is 2. The lowest BCUT2D eigenvalue weighted by Crippen LogP contribution is -2.18. The minimum Gasteiger partial charge on any atom is -0.497 e. The monoisotopic (exact) mass is 323 g/mol. The van der Waals surface area contributed by atoms with Gasteiger partial charge in [0, 0.05) is 6.54 Å². The molecule has 1 amide bonds. The van der Waals surface area contributed by atoms with Crippen molar-refractivity contribution in [2.45, 2.75) is 26.3 Å². The fourth-order valence-corrected chi connectivity index (χ4v) is 2.76. The zero-order valence-electron chi connectivity index (χ0n) is 14.0. The molecule has 3 rings (SSSR count). The first-order valence-electron chi connectivity index (χ1n) is 8.09. The Morgan fingerprint density at radius 2 is 2.04 bits per heavy atom. The maximum Gasteiger partial charge on any atom is 0.231 e. The number of anilines is 1. The van der Waals surface area contributed by atoms with Crippen molar-refractivity contribution in [3.63, 3.8) is 0 Å². The van der Waals surface area contributed by atoms with Crippen molar-refractivity contribution < 1.29 is 9.53 Å². The Hall–Kier alpha value is -2.82. The van der Waals surface area contributed by atoms with E-state index in [-0.39, 0.29) is 12.3 Å². The lowest BCUT2D eigenvalue weighted by atomic mass is 10.1. The van der Waals surface area contributed by atoms with Crippen molar-refractivity contribution in [2.75, 3.05) is 12.4 Å². The van der Waals surface area contributed by atoms with Crippen molar-refractivity contribution in [2.24, 2.45) is 0 Å². The molecule has 0 spiro atoms. The highest BCUT2D eigenvalue weighted by molar-refractivity contribution is 5.92. The Morgan fingerprint density at radius 1 is 1.21 bits per heavy atom. The lowest BCUT2D eigenvalue weighted by Gasteiger charge is -2.09. The standard InChI is InChI=1S/C19H21N3O2/c1-3-11-22-17-10-5-4-9-16(17)20-19(22)21-18(23)13-14-7-6-8-15(12-14)24-2/h4-10,12H,3,11,13H2,1-2H3,(H,20,21,23). The van der Waals surface area contributed by atoms with E-state index in [2.05, 4.69) is 21.8 Å². The quantitative estimate of drug-likeness (QED) is 0.753. The van der Waals surface area contributed by atoms with Gasteiger partial charge in [-0.2, -0.15) is 0 Å². The van der Waals surface area contributed by atoms with Gasteiger partial charge in [-0.3, -0.25) is 10.1 Å². The van der Waals surface area contributed by atoms with Crippen molar-refractivity contribution in [1.29, 1.82) is 0 Å². The van der Waals surface area contributed by atoms with Gasteiger partial charge >= 0.3 is 0 Å². The molecule has 0 radical (unpaired) electrons. The molecule has 0 fully saturated rings. The molecule has 0 aliphatic heterocycles. The molecule has 1 heterocycles. The predicted molar refractivity (Wildman–Crippen MR) is 95.4 cm³/mol. The summed E-state index contributed by atoms with van der Waals surface area (Å²) < 4.78 is 7.25. The minimum atomic E-state index is -0.0871. The van der Waals surface area contributed by atoms with E-state index in [9.17, 15) is 4.79 Å². The van der Waals surface area contributed by atoms with Gasteiger partial charge in [0.05, 0.1) is 24.6 Å². The summed E-state index contributed by atoms with van der Waals surface area (Å²) in [5.74, 6) is 1.26. The highest BCUT2D eigenvalue weighted by Crippen LogP contribution is 2.20. The average molecular weight is 323 g/mol.